The van der Waals surface area contributed by atoms with Crippen LogP contribution < -0.4 is 0 Å². The number of rotatable bonds is 3. The molecule has 0 N–H and O–H groups in total. The molecule has 0 bridgehead atoms. The number of likely N-dealkylation sites (tertiary alicyclic amines) is 1. The van der Waals surface area contributed by atoms with E-state index in [0.717, 1.165) is 43.9 Å². The van der Waals surface area contributed by atoms with Gasteiger partial charge in [0.2, 0.25) is 0 Å². The van der Waals surface area contributed by atoms with E-state index in [1.165, 1.54) is 0 Å². The van der Waals surface area contributed by atoms with Gasteiger partial charge >= 0.3 is 0 Å². The lowest BCUT2D eigenvalue weighted by atomic mass is 10.1. The van der Waals surface area contributed by atoms with Crippen LogP contribution in [0.3, 0.4) is 0 Å². The van der Waals surface area contributed by atoms with Crippen LogP contribution in [0.4, 0.5) is 0 Å². The molecule has 6 heteroatoms. The fourth-order valence-corrected chi connectivity index (χ4v) is 2.60. The van der Waals surface area contributed by atoms with Crippen LogP contribution in [0.5, 0.6) is 0 Å². The Morgan fingerprint density at radius 1 is 1.41 bits per heavy atom. The summed E-state index contributed by atoms with van der Waals surface area (Å²) in [6.07, 6.45) is 4.11. The van der Waals surface area contributed by atoms with E-state index in [1.54, 1.807) is 0 Å². The summed E-state index contributed by atoms with van der Waals surface area (Å²) in [7, 11) is 0. The lowest BCUT2D eigenvalue weighted by Gasteiger charge is -2.41. The summed E-state index contributed by atoms with van der Waals surface area (Å²) in [5, 5.41) is 4.31. The second-order valence-corrected chi connectivity index (χ2v) is 5.49. The third kappa shape index (κ3) is 2.70. The van der Waals surface area contributed by atoms with Crippen molar-refractivity contribution in [2.45, 2.75) is 12.1 Å². The number of ether oxygens (including phenoxy) is 2. The lowest BCUT2D eigenvalue weighted by molar-refractivity contribution is -0.106. The zero-order chi connectivity index (χ0) is 11.7. The molecule has 0 aliphatic carbocycles. The van der Waals surface area contributed by atoms with Crippen molar-refractivity contribution >= 4 is 15.9 Å². The zero-order valence-corrected chi connectivity index (χ0v) is 11.2. The van der Waals surface area contributed by atoms with Gasteiger partial charge in [-0.25, -0.2) is 0 Å². The van der Waals surface area contributed by atoms with Crippen molar-refractivity contribution in [1.82, 2.24) is 14.7 Å². The fraction of sp³-hybridized carbons (Fsp3) is 0.727. The van der Waals surface area contributed by atoms with Crippen molar-refractivity contribution in [3.05, 3.63) is 16.9 Å². The first-order valence-corrected chi connectivity index (χ1v) is 6.72. The molecular formula is C11H16BrN3O2. The molecule has 0 aromatic carbocycles. The Kier molecular flexibility index (Phi) is 3.46. The predicted molar refractivity (Wildman–Crippen MR) is 66.0 cm³/mol. The maximum absolute atomic E-state index is 5.63. The van der Waals surface area contributed by atoms with E-state index in [-0.39, 0.29) is 6.10 Å². The lowest BCUT2D eigenvalue weighted by Crippen LogP contribution is -2.52. The Labute approximate surface area is 109 Å². The van der Waals surface area contributed by atoms with E-state index >= 15 is 0 Å². The highest BCUT2D eigenvalue weighted by Crippen LogP contribution is 2.22. The van der Waals surface area contributed by atoms with Gasteiger partial charge in [-0.1, -0.05) is 0 Å². The van der Waals surface area contributed by atoms with E-state index in [9.17, 15) is 0 Å². The van der Waals surface area contributed by atoms with Crippen LogP contribution >= 0.6 is 15.9 Å². The SMILES string of the molecule is Brc1cnn(C2CN(CC3COCCO3)C2)c1. The summed E-state index contributed by atoms with van der Waals surface area (Å²) >= 11 is 3.42. The smallest absolute Gasteiger partial charge is 0.0936 e. The zero-order valence-electron chi connectivity index (χ0n) is 9.59. The molecule has 3 heterocycles. The Hall–Kier alpha value is -0.430. The van der Waals surface area contributed by atoms with Crippen LogP contribution in [0.1, 0.15) is 6.04 Å². The third-order valence-electron chi connectivity index (χ3n) is 3.23. The quantitative estimate of drug-likeness (QED) is 0.832. The molecule has 2 aliphatic rings. The Morgan fingerprint density at radius 3 is 2.94 bits per heavy atom. The first-order chi connectivity index (χ1) is 8.31. The molecule has 1 atom stereocenters. The molecule has 0 saturated carbocycles. The second-order valence-electron chi connectivity index (χ2n) is 4.58. The second kappa shape index (κ2) is 5.06. The molecule has 0 radical (unpaired) electrons. The minimum Gasteiger partial charge on any atom is -0.376 e. The number of aromatic nitrogens is 2. The number of nitrogens with zero attached hydrogens (tertiary/aromatic N) is 3. The highest BCUT2D eigenvalue weighted by atomic mass is 79.9. The average Bonchev–Trinajstić information content (AvgIpc) is 2.71. The van der Waals surface area contributed by atoms with Gasteiger partial charge in [0.25, 0.3) is 0 Å². The minimum absolute atomic E-state index is 0.244. The van der Waals surface area contributed by atoms with E-state index < -0.39 is 0 Å². The van der Waals surface area contributed by atoms with Gasteiger partial charge in [0.15, 0.2) is 0 Å². The summed E-state index contributed by atoms with van der Waals surface area (Å²) in [5.41, 5.74) is 0. The summed E-state index contributed by atoms with van der Waals surface area (Å²) in [5.74, 6) is 0. The monoisotopic (exact) mass is 301 g/mol. The Bertz CT molecular complexity index is 373. The van der Waals surface area contributed by atoms with Gasteiger partial charge in [0.1, 0.15) is 0 Å². The van der Waals surface area contributed by atoms with Gasteiger partial charge in [-0.05, 0) is 15.9 Å². The first-order valence-electron chi connectivity index (χ1n) is 5.92. The molecule has 0 amide bonds. The molecule has 2 saturated heterocycles. The molecule has 1 aromatic rings. The van der Waals surface area contributed by atoms with Gasteiger partial charge < -0.3 is 9.47 Å². The van der Waals surface area contributed by atoms with Crippen molar-refractivity contribution in [3.63, 3.8) is 0 Å². The Balaban J connectivity index is 1.45. The summed E-state index contributed by atoms with van der Waals surface area (Å²) < 4.78 is 14.1. The number of hydrogen-bond acceptors (Lipinski definition) is 4. The van der Waals surface area contributed by atoms with Crippen LogP contribution in [0.2, 0.25) is 0 Å². The molecule has 2 aliphatic heterocycles. The summed E-state index contributed by atoms with van der Waals surface area (Å²) in [4.78, 5) is 2.39. The van der Waals surface area contributed by atoms with Gasteiger partial charge in [0, 0.05) is 25.8 Å². The predicted octanol–water partition coefficient (Wildman–Crippen LogP) is 0.918. The summed E-state index contributed by atoms with van der Waals surface area (Å²) in [6.45, 7) is 5.27. The molecule has 0 spiro atoms. The average molecular weight is 302 g/mol. The van der Waals surface area contributed by atoms with E-state index in [4.69, 9.17) is 9.47 Å². The first kappa shape index (κ1) is 11.6. The third-order valence-corrected chi connectivity index (χ3v) is 3.64. The molecule has 3 rings (SSSR count). The fourth-order valence-electron chi connectivity index (χ4n) is 2.30. The highest BCUT2D eigenvalue weighted by molar-refractivity contribution is 9.10. The van der Waals surface area contributed by atoms with E-state index in [2.05, 4.69) is 25.9 Å². The van der Waals surface area contributed by atoms with Crippen molar-refractivity contribution < 1.29 is 9.47 Å². The van der Waals surface area contributed by atoms with Gasteiger partial charge in [0.05, 0.1) is 42.6 Å². The van der Waals surface area contributed by atoms with Crippen molar-refractivity contribution in [2.75, 3.05) is 39.5 Å². The maximum atomic E-state index is 5.63. The number of hydrogen-bond donors (Lipinski definition) is 0. The maximum Gasteiger partial charge on any atom is 0.0936 e. The van der Waals surface area contributed by atoms with Crippen molar-refractivity contribution in [2.24, 2.45) is 0 Å². The topological polar surface area (TPSA) is 39.5 Å². The van der Waals surface area contributed by atoms with Crippen molar-refractivity contribution in [3.8, 4) is 0 Å². The standard InChI is InChI=1S/C11H16BrN3O2/c12-9-3-13-15(4-9)10-5-14(6-10)7-11-8-16-1-2-17-11/h3-4,10-11H,1-2,5-8H2. The molecular weight excluding hydrogens is 286 g/mol. The highest BCUT2D eigenvalue weighted by Gasteiger charge is 2.31. The molecule has 17 heavy (non-hydrogen) atoms. The molecule has 1 aromatic heterocycles. The van der Waals surface area contributed by atoms with Gasteiger partial charge in [-0.3, -0.25) is 9.58 Å². The van der Waals surface area contributed by atoms with E-state index in [1.807, 2.05) is 17.1 Å². The number of halogens is 1. The molecule has 2 fully saturated rings. The summed E-state index contributed by atoms with van der Waals surface area (Å²) in [6, 6.07) is 0.505. The van der Waals surface area contributed by atoms with Crippen molar-refractivity contribution in [1.29, 1.82) is 0 Å². The largest absolute Gasteiger partial charge is 0.376 e. The van der Waals surface area contributed by atoms with Crippen LogP contribution in [-0.4, -0.2) is 60.2 Å². The minimum atomic E-state index is 0.244. The normalized spacial score (nSPS) is 27.0. The molecule has 5 nitrogen and oxygen atoms in total. The van der Waals surface area contributed by atoms with Crippen LogP contribution in [0.25, 0.3) is 0 Å². The van der Waals surface area contributed by atoms with Crippen LogP contribution in [-0.2, 0) is 9.47 Å². The van der Waals surface area contributed by atoms with Gasteiger partial charge in [-0.15, -0.1) is 0 Å². The molecule has 1 unspecified atom stereocenters. The molecule has 94 valence electrons. The van der Waals surface area contributed by atoms with Crippen LogP contribution in [0.15, 0.2) is 16.9 Å². The van der Waals surface area contributed by atoms with Gasteiger partial charge in [-0.2, -0.15) is 5.10 Å². The van der Waals surface area contributed by atoms with E-state index in [0.29, 0.717) is 6.04 Å². The Morgan fingerprint density at radius 2 is 2.29 bits per heavy atom. The van der Waals surface area contributed by atoms with Crippen LogP contribution in [0, 0.1) is 0 Å².